The van der Waals surface area contributed by atoms with Crippen molar-refractivity contribution < 1.29 is 4.42 Å². The van der Waals surface area contributed by atoms with Gasteiger partial charge in [0.2, 0.25) is 0 Å². The van der Waals surface area contributed by atoms with Gasteiger partial charge in [-0.2, -0.15) is 0 Å². The smallest absolute Gasteiger partial charge is 0.253 e. The molecule has 2 aromatic carbocycles. The normalized spacial score (nSPS) is 12.3. The van der Waals surface area contributed by atoms with Gasteiger partial charge in [-0.15, -0.1) is 5.10 Å². The molecule has 0 saturated heterocycles. The molecule has 4 heterocycles. The number of nitrogens with one attached hydrogen (secondary N) is 1. The number of aromatic nitrogens is 6. The largest absolute Gasteiger partial charge is 0.467 e. The van der Waals surface area contributed by atoms with Crippen LogP contribution in [0.5, 0.6) is 0 Å². The Morgan fingerprint density at radius 3 is 2.71 bits per heavy atom. The standard InChI is InChI=1S/C31H28ClN7O2/c1-20-13-21(2)25-15-26(31(40)34-28(25)14-20)29(30-35-36-37-39(30)19-24-9-6-12-41-24)38(17-22-7-5-11-33-16-22)18-23-8-3-4-10-27(23)32/h3-16,29H,17-19H2,1-2H3,(H,34,40)/t29-/m0/s1. The van der Waals surface area contributed by atoms with E-state index in [4.69, 9.17) is 16.0 Å². The van der Waals surface area contributed by atoms with Crippen LogP contribution < -0.4 is 5.56 Å². The van der Waals surface area contributed by atoms with Gasteiger partial charge in [0.25, 0.3) is 5.56 Å². The lowest BCUT2D eigenvalue weighted by molar-refractivity contribution is 0.193. The fourth-order valence-corrected chi connectivity index (χ4v) is 5.47. The van der Waals surface area contributed by atoms with Crippen molar-refractivity contribution in [1.82, 2.24) is 35.1 Å². The van der Waals surface area contributed by atoms with Gasteiger partial charge in [0.15, 0.2) is 5.82 Å². The van der Waals surface area contributed by atoms with Crippen LogP contribution in [0.1, 0.15) is 45.4 Å². The Balaban J connectivity index is 1.56. The molecular formula is C31H28ClN7O2. The molecule has 0 spiro atoms. The van der Waals surface area contributed by atoms with Crippen LogP contribution in [0, 0.1) is 13.8 Å². The van der Waals surface area contributed by atoms with Crippen molar-refractivity contribution in [3.05, 3.63) is 140 Å². The minimum absolute atomic E-state index is 0.213. The molecule has 6 aromatic rings. The van der Waals surface area contributed by atoms with Crippen molar-refractivity contribution in [2.45, 2.75) is 39.5 Å². The third-order valence-corrected chi connectivity index (χ3v) is 7.50. The van der Waals surface area contributed by atoms with E-state index >= 15 is 0 Å². The summed E-state index contributed by atoms with van der Waals surface area (Å²) in [5.74, 6) is 1.20. The Morgan fingerprint density at radius 1 is 1.05 bits per heavy atom. The maximum atomic E-state index is 13.9. The number of halogens is 1. The van der Waals surface area contributed by atoms with Crippen LogP contribution in [0.2, 0.25) is 5.02 Å². The molecule has 0 aliphatic carbocycles. The molecule has 6 rings (SSSR count). The van der Waals surface area contributed by atoms with Crippen LogP contribution in [0.3, 0.4) is 0 Å². The maximum Gasteiger partial charge on any atom is 0.253 e. The van der Waals surface area contributed by atoms with E-state index in [-0.39, 0.29) is 5.56 Å². The Hall–Kier alpha value is -4.60. The minimum atomic E-state index is -0.634. The number of aromatic amines is 1. The first-order valence-electron chi connectivity index (χ1n) is 13.3. The summed E-state index contributed by atoms with van der Waals surface area (Å²) >= 11 is 6.65. The summed E-state index contributed by atoms with van der Waals surface area (Å²) < 4.78 is 7.28. The van der Waals surface area contributed by atoms with Crippen molar-refractivity contribution >= 4 is 22.5 Å². The topological polar surface area (TPSA) is 106 Å². The van der Waals surface area contributed by atoms with E-state index in [9.17, 15) is 4.79 Å². The first-order valence-corrected chi connectivity index (χ1v) is 13.6. The molecule has 0 saturated carbocycles. The molecule has 0 aliphatic rings. The third kappa shape index (κ3) is 5.68. The number of H-pyrrole nitrogens is 1. The zero-order valence-electron chi connectivity index (χ0n) is 22.7. The summed E-state index contributed by atoms with van der Waals surface area (Å²) in [5.41, 5.74) is 5.13. The van der Waals surface area contributed by atoms with Gasteiger partial charge >= 0.3 is 0 Å². The van der Waals surface area contributed by atoms with E-state index in [0.29, 0.717) is 41.8 Å². The number of hydrogen-bond donors (Lipinski definition) is 1. The highest BCUT2D eigenvalue weighted by atomic mass is 35.5. The Labute approximate surface area is 241 Å². The summed E-state index contributed by atoms with van der Waals surface area (Å²) in [6.45, 7) is 5.26. The number of pyridine rings is 2. The van der Waals surface area contributed by atoms with Gasteiger partial charge < -0.3 is 9.40 Å². The predicted molar refractivity (Wildman–Crippen MR) is 156 cm³/mol. The van der Waals surface area contributed by atoms with Crippen molar-refractivity contribution in [2.75, 3.05) is 0 Å². The summed E-state index contributed by atoms with van der Waals surface area (Å²) in [5, 5.41) is 14.4. The monoisotopic (exact) mass is 565 g/mol. The van der Waals surface area contributed by atoms with E-state index in [1.54, 1.807) is 17.1 Å². The first kappa shape index (κ1) is 26.6. The zero-order valence-corrected chi connectivity index (χ0v) is 23.4. The molecule has 0 fully saturated rings. The molecule has 206 valence electrons. The van der Waals surface area contributed by atoms with Crippen molar-refractivity contribution in [1.29, 1.82) is 0 Å². The van der Waals surface area contributed by atoms with Crippen molar-refractivity contribution in [3.8, 4) is 0 Å². The molecule has 0 radical (unpaired) electrons. The van der Waals surface area contributed by atoms with Gasteiger partial charge in [-0.25, -0.2) is 4.68 Å². The predicted octanol–water partition coefficient (Wildman–Crippen LogP) is 5.61. The van der Waals surface area contributed by atoms with Crippen LogP contribution in [-0.2, 0) is 19.6 Å². The van der Waals surface area contributed by atoms with Gasteiger partial charge in [-0.05, 0) is 82.9 Å². The van der Waals surface area contributed by atoms with Gasteiger partial charge in [0.05, 0.1) is 6.26 Å². The number of hydrogen-bond acceptors (Lipinski definition) is 7. The Morgan fingerprint density at radius 2 is 1.93 bits per heavy atom. The van der Waals surface area contributed by atoms with Crippen LogP contribution in [0.15, 0.2) is 94.6 Å². The second-order valence-electron chi connectivity index (χ2n) is 10.1. The summed E-state index contributed by atoms with van der Waals surface area (Å²) in [6.07, 6.45) is 5.17. The molecule has 0 bridgehead atoms. The average Bonchev–Trinajstić information content (AvgIpc) is 3.64. The lowest BCUT2D eigenvalue weighted by Gasteiger charge is -2.31. The molecule has 0 unspecified atom stereocenters. The first-order chi connectivity index (χ1) is 20.0. The molecule has 0 aliphatic heterocycles. The number of benzene rings is 2. The average molecular weight is 566 g/mol. The van der Waals surface area contributed by atoms with E-state index in [2.05, 4.69) is 36.5 Å². The van der Waals surface area contributed by atoms with E-state index < -0.39 is 6.04 Å². The lowest BCUT2D eigenvalue weighted by atomic mass is 9.99. The SMILES string of the molecule is Cc1cc(C)c2cc([C@@H](c3nnnn3Cc3ccco3)N(Cc3cccnc3)Cc3ccccc3Cl)c(=O)[nH]c2c1. The van der Waals surface area contributed by atoms with E-state index in [1.807, 2.05) is 80.7 Å². The van der Waals surface area contributed by atoms with Crippen LogP contribution in [-0.4, -0.2) is 35.1 Å². The van der Waals surface area contributed by atoms with E-state index in [0.717, 1.165) is 33.2 Å². The Bertz CT molecular complexity index is 1850. The molecule has 1 N–H and O–H groups in total. The van der Waals surface area contributed by atoms with Crippen LogP contribution >= 0.6 is 11.6 Å². The molecule has 4 aromatic heterocycles. The number of nitrogens with zero attached hydrogens (tertiary/aromatic N) is 6. The second kappa shape index (κ2) is 11.5. The fourth-order valence-electron chi connectivity index (χ4n) is 5.27. The highest BCUT2D eigenvalue weighted by Gasteiger charge is 2.31. The lowest BCUT2D eigenvalue weighted by Crippen LogP contribution is -2.35. The zero-order chi connectivity index (χ0) is 28.3. The third-order valence-electron chi connectivity index (χ3n) is 7.13. The summed E-state index contributed by atoms with van der Waals surface area (Å²) in [7, 11) is 0. The van der Waals surface area contributed by atoms with Gasteiger partial charge in [0, 0.05) is 47.0 Å². The molecule has 10 heteroatoms. The van der Waals surface area contributed by atoms with Crippen LogP contribution in [0.4, 0.5) is 0 Å². The minimum Gasteiger partial charge on any atom is -0.467 e. The summed E-state index contributed by atoms with van der Waals surface area (Å²) in [4.78, 5) is 23.5. The number of fused-ring (bicyclic) bond motifs is 1. The number of aryl methyl sites for hydroxylation is 2. The molecule has 41 heavy (non-hydrogen) atoms. The highest BCUT2D eigenvalue weighted by molar-refractivity contribution is 6.31. The number of rotatable bonds is 9. The van der Waals surface area contributed by atoms with Gasteiger partial charge in [0.1, 0.15) is 18.3 Å². The highest BCUT2D eigenvalue weighted by Crippen LogP contribution is 2.32. The van der Waals surface area contributed by atoms with Crippen molar-refractivity contribution in [3.63, 3.8) is 0 Å². The molecule has 1 atom stereocenters. The molecule has 0 amide bonds. The van der Waals surface area contributed by atoms with Crippen molar-refractivity contribution in [2.24, 2.45) is 0 Å². The number of furan rings is 1. The van der Waals surface area contributed by atoms with Gasteiger partial charge in [-0.1, -0.05) is 41.9 Å². The van der Waals surface area contributed by atoms with Crippen LogP contribution in [0.25, 0.3) is 10.9 Å². The van der Waals surface area contributed by atoms with Gasteiger partial charge in [-0.3, -0.25) is 14.7 Å². The maximum absolute atomic E-state index is 13.9. The summed E-state index contributed by atoms with van der Waals surface area (Å²) in [6, 6.07) is 20.7. The fraction of sp³-hybridized carbons (Fsp3) is 0.194. The number of tetrazole rings is 1. The Kier molecular flexibility index (Phi) is 7.45. The molecular weight excluding hydrogens is 538 g/mol. The quantitative estimate of drug-likeness (QED) is 0.243. The molecule has 9 nitrogen and oxygen atoms in total. The second-order valence-corrected chi connectivity index (χ2v) is 10.5. The van der Waals surface area contributed by atoms with E-state index in [1.165, 1.54) is 0 Å².